The van der Waals surface area contributed by atoms with Crippen LogP contribution in [0.25, 0.3) is 11.1 Å². The Morgan fingerprint density at radius 3 is 2.81 bits per heavy atom. The Bertz CT molecular complexity index is 1510. The molecular formula is C26H27F2N5O2S2. The molecule has 0 spiro atoms. The van der Waals surface area contributed by atoms with Crippen molar-refractivity contribution in [1.82, 2.24) is 9.88 Å². The average molecular weight is 544 g/mol. The first-order chi connectivity index (χ1) is 17.8. The number of halogens is 2. The number of hydrogen-bond acceptors (Lipinski definition) is 5. The first kappa shape index (κ1) is 24.6. The van der Waals surface area contributed by atoms with E-state index in [0.717, 1.165) is 66.3 Å². The number of nitrogens with zero attached hydrogens (tertiary/aromatic N) is 3. The van der Waals surface area contributed by atoms with E-state index in [1.807, 2.05) is 6.07 Å². The van der Waals surface area contributed by atoms with E-state index in [4.69, 9.17) is 5.14 Å². The Labute approximate surface area is 218 Å². The van der Waals surface area contributed by atoms with E-state index < -0.39 is 27.9 Å². The minimum absolute atomic E-state index is 0.267. The smallest absolute Gasteiger partial charge is 0.305 e. The SMILES string of the molecule is NS(=O)(=NC(=O)Nc1c(-c2ccncc2F)ccc2c1CCC2)c1cc2c(s1)CCC(N1CC(F)C1)C2. The van der Waals surface area contributed by atoms with Gasteiger partial charge in [-0.05, 0) is 67.3 Å². The summed E-state index contributed by atoms with van der Waals surface area (Å²) in [6.45, 7) is 0.934. The fourth-order valence-corrected chi connectivity index (χ4v) is 8.13. The number of benzene rings is 1. The molecule has 37 heavy (non-hydrogen) atoms. The lowest BCUT2D eigenvalue weighted by Crippen LogP contribution is -2.54. The second kappa shape index (κ2) is 9.54. The van der Waals surface area contributed by atoms with Gasteiger partial charge in [-0.15, -0.1) is 15.7 Å². The zero-order chi connectivity index (χ0) is 25.7. The van der Waals surface area contributed by atoms with Gasteiger partial charge < -0.3 is 5.32 Å². The summed E-state index contributed by atoms with van der Waals surface area (Å²) in [6, 6.07) is 6.52. The number of pyridine rings is 1. The molecular weight excluding hydrogens is 516 g/mol. The standard InChI is InChI=1S/C26H27F2N5O2S2/c27-17-13-33(14-17)18-5-7-23-16(10-18)11-24(36-23)37(29,35)32-26(34)31-25-19-3-1-2-15(19)4-6-21(25)20-8-9-30-12-22(20)28/h4,6,8-9,11-12,17-18H,1-3,5,7,10,13-14H2,(H3,29,31,32,34,35). The van der Waals surface area contributed by atoms with Crippen molar-refractivity contribution in [3.63, 3.8) is 0 Å². The number of thiophene rings is 1. The van der Waals surface area contributed by atoms with Crippen LogP contribution in [0.4, 0.5) is 19.3 Å². The third-order valence-corrected chi connectivity index (χ3v) is 10.6. The number of carbonyl (C=O) groups excluding carboxylic acids is 1. The molecule has 1 fully saturated rings. The first-order valence-corrected chi connectivity index (χ1v) is 14.8. The minimum atomic E-state index is -3.49. The van der Waals surface area contributed by atoms with Crippen LogP contribution < -0.4 is 10.5 Å². The molecule has 1 aromatic carbocycles. The molecule has 7 nitrogen and oxygen atoms in total. The number of urea groups is 1. The monoisotopic (exact) mass is 543 g/mol. The molecule has 194 valence electrons. The van der Waals surface area contributed by atoms with Gasteiger partial charge in [-0.1, -0.05) is 12.1 Å². The van der Waals surface area contributed by atoms with Crippen molar-refractivity contribution in [2.45, 2.75) is 54.9 Å². The topological polar surface area (TPSA) is 101 Å². The quantitative estimate of drug-likeness (QED) is 0.490. The lowest BCUT2D eigenvalue weighted by Gasteiger charge is -2.42. The molecule has 2 aliphatic carbocycles. The predicted molar refractivity (Wildman–Crippen MR) is 140 cm³/mol. The number of rotatable bonds is 4. The molecule has 2 atom stereocenters. The van der Waals surface area contributed by atoms with Gasteiger partial charge in [0.15, 0.2) is 9.92 Å². The molecule has 6 rings (SSSR count). The zero-order valence-electron chi connectivity index (χ0n) is 20.1. The molecule has 0 saturated carbocycles. The third-order valence-electron chi connectivity index (χ3n) is 7.50. The van der Waals surface area contributed by atoms with Crippen LogP contribution in [-0.2, 0) is 35.6 Å². The summed E-state index contributed by atoms with van der Waals surface area (Å²) in [5.74, 6) is -0.502. The van der Waals surface area contributed by atoms with Crippen LogP contribution in [0.3, 0.4) is 0 Å². The van der Waals surface area contributed by atoms with Crippen LogP contribution in [0.5, 0.6) is 0 Å². The summed E-state index contributed by atoms with van der Waals surface area (Å²) in [5, 5.41) is 8.90. The van der Waals surface area contributed by atoms with Crippen LogP contribution in [0.15, 0.2) is 45.2 Å². The van der Waals surface area contributed by atoms with Crippen molar-refractivity contribution in [2.75, 3.05) is 18.4 Å². The number of alkyl halides is 1. The molecule has 11 heteroatoms. The van der Waals surface area contributed by atoms with Crippen LogP contribution in [0.1, 0.15) is 34.4 Å². The Hall–Kier alpha value is -2.73. The van der Waals surface area contributed by atoms with Crippen LogP contribution in [-0.4, -0.2) is 45.4 Å². The maximum Gasteiger partial charge on any atom is 0.354 e. The highest BCUT2D eigenvalue weighted by Crippen LogP contribution is 2.39. The minimum Gasteiger partial charge on any atom is -0.305 e. The van der Waals surface area contributed by atoms with Gasteiger partial charge in [0.25, 0.3) is 0 Å². The maximum absolute atomic E-state index is 14.6. The molecule has 0 bridgehead atoms. The Balaban J connectivity index is 1.28. The van der Waals surface area contributed by atoms with E-state index in [1.54, 1.807) is 18.2 Å². The number of anilines is 1. The van der Waals surface area contributed by atoms with Crippen LogP contribution >= 0.6 is 11.3 Å². The number of likely N-dealkylation sites (tertiary alicyclic amines) is 1. The van der Waals surface area contributed by atoms with Crippen molar-refractivity contribution < 1.29 is 17.8 Å². The first-order valence-electron chi connectivity index (χ1n) is 12.4. The normalized spacial score (nSPS) is 21.0. The van der Waals surface area contributed by atoms with Gasteiger partial charge in [0.05, 0.1) is 11.9 Å². The molecule has 1 saturated heterocycles. The Morgan fingerprint density at radius 1 is 1.19 bits per heavy atom. The Kier molecular flexibility index (Phi) is 6.34. The highest BCUT2D eigenvalue weighted by atomic mass is 32.2. The van der Waals surface area contributed by atoms with Gasteiger partial charge in [-0.25, -0.2) is 22.9 Å². The highest BCUT2D eigenvalue weighted by Gasteiger charge is 2.35. The molecule has 2 amide bonds. The summed E-state index contributed by atoms with van der Waals surface area (Å²) in [7, 11) is -3.49. The zero-order valence-corrected chi connectivity index (χ0v) is 21.7. The van der Waals surface area contributed by atoms with E-state index in [9.17, 15) is 17.8 Å². The second-order valence-corrected chi connectivity index (χ2v) is 13.0. The van der Waals surface area contributed by atoms with Crippen molar-refractivity contribution in [3.8, 4) is 11.1 Å². The second-order valence-electron chi connectivity index (χ2n) is 9.89. The molecule has 3 heterocycles. The number of aryl methyl sites for hydroxylation is 2. The largest absolute Gasteiger partial charge is 0.354 e. The lowest BCUT2D eigenvalue weighted by atomic mass is 9.91. The summed E-state index contributed by atoms with van der Waals surface area (Å²) in [6.07, 6.45) is 6.87. The summed E-state index contributed by atoms with van der Waals surface area (Å²) >= 11 is 1.33. The number of fused-ring (bicyclic) bond motifs is 2. The van der Waals surface area contributed by atoms with Crippen molar-refractivity contribution in [1.29, 1.82) is 0 Å². The fourth-order valence-electron chi connectivity index (χ4n) is 5.61. The summed E-state index contributed by atoms with van der Waals surface area (Å²) in [5.41, 5.74) is 4.37. The van der Waals surface area contributed by atoms with Crippen molar-refractivity contribution in [2.24, 2.45) is 9.50 Å². The number of aromatic nitrogens is 1. The van der Waals surface area contributed by atoms with Gasteiger partial charge in [0, 0.05) is 41.3 Å². The number of carbonyl (C=O) groups is 1. The van der Waals surface area contributed by atoms with E-state index in [1.165, 1.54) is 17.5 Å². The van der Waals surface area contributed by atoms with Gasteiger partial charge in [0.1, 0.15) is 16.2 Å². The summed E-state index contributed by atoms with van der Waals surface area (Å²) in [4.78, 5) is 20.1. The van der Waals surface area contributed by atoms with Gasteiger partial charge in [-0.3, -0.25) is 9.88 Å². The number of nitrogens with two attached hydrogens (primary N) is 1. The molecule has 3 aromatic rings. The lowest BCUT2D eigenvalue weighted by molar-refractivity contribution is 0.0227. The van der Waals surface area contributed by atoms with E-state index >= 15 is 0 Å². The Morgan fingerprint density at radius 2 is 2.03 bits per heavy atom. The maximum atomic E-state index is 14.6. The third kappa shape index (κ3) is 4.69. The van der Waals surface area contributed by atoms with Gasteiger partial charge >= 0.3 is 6.03 Å². The highest BCUT2D eigenvalue weighted by molar-refractivity contribution is 7.93. The van der Waals surface area contributed by atoms with Crippen LogP contribution in [0, 0.1) is 5.82 Å². The number of hydrogen-bond donors (Lipinski definition) is 2. The van der Waals surface area contributed by atoms with E-state index in [-0.39, 0.29) is 6.04 Å². The van der Waals surface area contributed by atoms with Crippen LogP contribution in [0.2, 0.25) is 0 Å². The number of amides is 2. The van der Waals surface area contributed by atoms with Gasteiger partial charge in [-0.2, -0.15) is 0 Å². The van der Waals surface area contributed by atoms with Crippen molar-refractivity contribution in [3.05, 3.63) is 64.0 Å². The molecule has 1 aliphatic heterocycles. The molecule has 2 unspecified atom stereocenters. The molecule has 2 aromatic heterocycles. The molecule has 3 aliphatic rings. The number of nitrogens with one attached hydrogen (secondary N) is 1. The van der Waals surface area contributed by atoms with E-state index in [0.29, 0.717) is 34.1 Å². The average Bonchev–Trinajstić information content (AvgIpc) is 3.50. The van der Waals surface area contributed by atoms with Crippen molar-refractivity contribution >= 4 is 33.0 Å². The van der Waals surface area contributed by atoms with Gasteiger partial charge in [0.2, 0.25) is 0 Å². The van der Waals surface area contributed by atoms with E-state index in [2.05, 4.69) is 19.6 Å². The molecule has 0 radical (unpaired) electrons. The predicted octanol–water partition coefficient (Wildman–Crippen LogP) is 4.88. The summed E-state index contributed by atoms with van der Waals surface area (Å²) < 4.78 is 45.6. The molecule has 3 N–H and O–H groups in total. The fraction of sp³-hybridized carbons (Fsp3) is 0.385.